The highest BCUT2D eigenvalue weighted by Gasteiger charge is 2.48. The van der Waals surface area contributed by atoms with Crippen molar-refractivity contribution in [1.29, 1.82) is 0 Å². The minimum Gasteiger partial charge on any atom is -0.286 e. The number of hydrogen-bond donors (Lipinski definition) is 0. The first kappa shape index (κ1) is 9.79. The molecule has 6 heteroatoms. The highest BCUT2D eigenvalue weighted by atomic mass is 35.5. The van der Waals surface area contributed by atoms with Gasteiger partial charge < -0.3 is 0 Å². The van der Waals surface area contributed by atoms with Crippen molar-refractivity contribution in [3.05, 3.63) is 44.5 Å². The summed E-state index contributed by atoms with van der Waals surface area (Å²) in [7, 11) is 0. The molecular formula is C9H4ClNO4. The molecule has 0 N–H and O–H groups in total. The Hall–Kier alpha value is -1.75. The normalized spacial score (nSPS) is 19.1. The van der Waals surface area contributed by atoms with Crippen LogP contribution in [-0.4, -0.2) is 22.5 Å². The van der Waals surface area contributed by atoms with Gasteiger partial charge in [0, 0.05) is 10.5 Å². The van der Waals surface area contributed by atoms with Crippen LogP contribution in [0.1, 0.15) is 20.7 Å². The van der Waals surface area contributed by atoms with E-state index in [-0.39, 0.29) is 16.1 Å². The summed E-state index contributed by atoms with van der Waals surface area (Å²) in [4.78, 5) is 32.6. The van der Waals surface area contributed by atoms with Crippen LogP contribution in [0.4, 0.5) is 0 Å². The van der Waals surface area contributed by atoms with Gasteiger partial charge in [-0.3, -0.25) is 19.7 Å². The third kappa shape index (κ3) is 1.24. The number of benzene rings is 1. The van der Waals surface area contributed by atoms with Gasteiger partial charge in [-0.25, -0.2) is 0 Å². The highest BCUT2D eigenvalue weighted by Crippen LogP contribution is 2.29. The topological polar surface area (TPSA) is 77.3 Å². The molecule has 1 aromatic rings. The van der Waals surface area contributed by atoms with Gasteiger partial charge in [0.25, 0.3) is 0 Å². The molecule has 1 aliphatic carbocycles. The molecule has 5 nitrogen and oxygen atoms in total. The van der Waals surface area contributed by atoms with Crippen molar-refractivity contribution in [2.75, 3.05) is 0 Å². The van der Waals surface area contributed by atoms with Crippen molar-refractivity contribution in [3.8, 4) is 0 Å². The molecule has 0 heterocycles. The van der Waals surface area contributed by atoms with Crippen molar-refractivity contribution < 1.29 is 14.5 Å². The Morgan fingerprint density at radius 3 is 2.47 bits per heavy atom. The minimum absolute atomic E-state index is 0.0362. The van der Waals surface area contributed by atoms with Gasteiger partial charge in [-0.2, -0.15) is 0 Å². The maximum Gasteiger partial charge on any atom is 0.336 e. The van der Waals surface area contributed by atoms with E-state index in [1.54, 1.807) is 0 Å². The number of ketones is 2. The van der Waals surface area contributed by atoms with E-state index >= 15 is 0 Å². The number of carbonyl (C=O) groups excluding carboxylic acids is 2. The predicted molar refractivity (Wildman–Crippen MR) is 50.9 cm³/mol. The van der Waals surface area contributed by atoms with E-state index in [0.717, 1.165) is 0 Å². The first-order valence-corrected chi connectivity index (χ1v) is 4.42. The van der Waals surface area contributed by atoms with Crippen LogP contribution in [0, 0.1) is 10.1 Å². The van der Waals surface area contributed by atoms with Crippen LogP contribution in [0.2, 0.25) is 5.02 Å². The van der Waals surface area contributed by atoms with E-state index < -0.39 is 22.5 Å². The Bertz CT molecular complexity index is 497. The van der Waals surface area contributed by atoms with E-state index in [0.29, 0.717) is 0 Å². The Labute approximate surface area is 88.8 Å². The minimum atomic E-state index is -1.82. The van der Waals surface area contributed by atoms with Crippen LogP contribution >= 0.6 is 11.6 Å². The number of rotatable bonds is 1. The second-order valence-corrected chi connectivity index (χ2v) is 3.49. The number of halogens is 1. The van der Waals surface area contributed by atoms with Gasteiger partial charge in [0.05, 0.1) is 10.6 Å². The molecule has 1 aliphatic rings. The van der Waals surface area contributed by atoms with Crippen LogP contribution in [0.3, 0.4) is 0 Å². The van der Waals surface area contributed by atoms with Crippen LogP contribution < -0.4 is 0 Å². The van der Waals surface area contributed by atoms with E-state index in [2.05, 4.69) is 0 Å². The van der Waals surface area contributed by atoms with E-state index in [4.69, 9.17) is 11.6 Å². The molecular weight excluding hydrogens is 222 g/mol. The standard InChI is InChI=1S/C9H4ClNO4/c10-5-3-1-2-4-6(5)9(13)7(8(4)12)11(14)15/h1-3,7H. The number of Topliss-reactive ketones (excluding diaryl/α,β-unsaturated/α-hetero) is 2. The highest BCUT2D eigenvalue weighted by molar-refractivity contribution is 6.39. The summed E-state index contributed by atoms with van der Waals surface area (Å²) in [5.41, 5.74) is 0.0000617. The number of fused-ring (bicyclic) bond motifs is 1. The summed E-state index contributed by atoms with van der Waals surface area (Å²) >= 11 is 5.70. The van der Waals surface area contributed by atoms with Gasteiger partial charge in [0.2, 0.25) is 11.6 Å². The third-order valence-corrected chi connectivity index (χ3v) is 2.55. The quantitative estimate of drug-likeness (QED) is 0.411. The van der Waals surface area contributed by atoms with Gasteiger partial charge in [0.15, 0.2) is 0 Å². The van der Waals surface area contributed by atoms with Crippen molar-refractivity contribution in [3.63, 3.8) is 0 Å². The van der Waals surface area contributed by atoms with Crippen molar-refractivity contribution in [2.45, 2.75) is 6.04 Å². The van der Waals surface area contributed by atoms with Crippen molar-refractivity contribution in [2.24, 2.45) is 0 Å². The second kappa shape index (κ2) is 3.13. The molecule has 0 saturated heterocycles. The zero-order valence-corrected chi connectivity index (χ0v) is 8.02. The predicted octanol–water partition coefficient (Wildman–Crippen LogP) is 1.36. The molecule has 76 valence electrons. The molecule has 1 atom stereocenters. The van der Waals surface area contributed by atoms with Crippen molar-refractivity contribution >= 4 is 23.2 Å². The number of nitrogens with zero attached hydrogens (tertiary/aromatic N) is 1. The van der Waals surface area contributed by atoms with Crippen LogP contribution in [0.25, 0.3) is 0 Å². The van der Waals surface area contributed by atoms with E-state index in [1.807, 2.05) is 0 Å². The summed E-state index contributed by atoms with van der Waals surface area (Å²) in [6.07, 6.45) is 0. The number of nitro groups is 1. The van der Waals surface area contributed by atoms with Crippen molar-refractivity contribution in [1.82, 2.24) is 0 Å². The lowest BCUT2D eigenvalue weighted by molar-refractivity contribution is -0.488. The summed E-state index contributed by atoms with van der Waals surface area (Å²) in [6, 6.07) is 2.45. The fraction of sp³-hybridized carbons (Fsp3) is 0.111. The molecule has 0 saturated carbocycles. The first-order chi connectivity index (χ1) is 7.04. The van der Waals surface area contributed by atoms with Crippen LogP contribution in [-0.2, 0) is 0 Å². The van der Waals surface area contributed by atoms with Gasteiger partial charge in [0.1, 0.15) is 0 Å². The smallest absolute Gasteiger partial charge is 0.286 e. The molecule has 0 fully saturated rings. The van der Waals surface area contributed by atoms with Gasteiger partial charge in [-0.05, 0) is 6.07 Å². The Kier molecular flexibility index (Phi) is 2.04. The van der Waals surface area contributed by atoms with Gasteiger partial charge in [-0.1, -0.05) is 23.7 Å². The Balaban J connectivity index is 2.66. The molecule has 15 heavy (non-hydrogen) atoms. The lowest BCUT2D eigenvalue weighted by Gasteiger charge is -1.96. The molecule has 0 amide bonds. The monoisotopic (exact) mass is 225 g/mol. The maximum atomic E-state index is 11.5. The lowest BCUT2D eigenvalue weighted by Crippen LogP contribution is -2.31. The molecule has 0 aliphatic heterocycles. The summed E-state index contributed by atoms with van der Waals surface area (Å²) in [5.74, 6) is -1.62. The average Bonchev–Trinajstić information content (AvgIpc) is 2.40. The molecule has 1 unspecified atom stereocenters. The van der Waals surface area contributed by atoms with Gasteiger partial charge in [-0.15, -0.1) is 0 Å². The first-order valence-electron chi connectivity index (χ1n) is 4.04. The Morgan fingerprint density at radius 1 is 1.27 bits per heavy atom. The van der Waals surface area contributed by atoms with Gasteiger partial charge >= 0.3 is 6.04 Å². The molecule has 0 radical (unpaired) electrons. The zero-order valence-electron chi connectivity index (χ0n) is 7.27. The molecule has 0 bridgehead atoms. The summed E-state index contributed by atoms with van der Waals surface area (Å²) in [5, 5.41) is 10.6. The average molecular weight is 226 g/mol. The zero-order chi connectivity index (χ0) is 11.2. The molecule has 2 rings (SSSR count). The number of hydrogen-bond acceptors (Lipinski definition) is 4. The maximum absolute atomic E-state index is 11.5. The second-order valence-electron chi connectivity index (χ2n) is 3.08. The fourth-order valence-corrected chi connectivity index (χ4v) is 1.84. The summed E-state index contributed by atoms with van der Waals surface area (Å²) < 4.78 is 0. The number of carbonyl (C=O) groups is 2. The van der Waals surface area contributed by atoms with Crippen LogP contribution in [0.15, 0.2) is 18.2 Å². The Morgan fingerprint density at radius 2 is 1.93 bits per heavy atom. The molecule has 1 aromatic carbocycles. The third-order valence-electron chi connectivity index (χ3n) is 2.23. The molecule has 0 aromatic heterocycles. The van der Waals surface area contributed by atoms with E-state index in [9.17, 15) is 19.7 Å². The lowest BCUT2D eigenvalue weighted by atomic mass is 10.1. The van der Waals surface area contributed by atoms with Crippen LogP contribution in [0.5, 0.6) is 0 Å². The summed E-state index contributed by atoms with van der Waals surface area (Å²) in [6.45, 7) is 0. The largest absolute Gasteiger partial charge is 0.336 e. The SMILES string of the molecule is O=C1c2cccc(Cl)c2C(=O)C1[N+](=O)[O-]. The molecule has 0 spiro atoms. The fourth-order valence-electron chi connectivity index (χ4n) is 1.57. The van der Waals surface area contributed by atoms with E-state index in [1.165, 1.54) is 18.2 Å².